The summed E-state index contributed by atoms with van der Waals surface area (Å²) < 4.78 is 0. The van der Waals surface area contributed by atoms with Crippen molar-refractivity contribution in [3.63, 3.8) is 0 Å². The maximum Gasteiger partial charge on any atom is 0.0204 e. The maximum absolute atomic E-state index is 3.77. The van der Waals surface area contributed by atoms with Crippen molar-refractivity contribution in [2.45, 2.75) is 64.3 Å². The van der Waals surface area contributed by atoms with Gasteiger partial charge in [-0.25, -0.2) is 0 Å². The van der Waals surface area contributed by atoms with Crippen molar-refractivity contribution in [1.29, 1.82) is 0 Å². The summed E-state index contributed by atoms with van der Waals surface area (Å²) in [4.78, 5) is 0. The van der Waals surface area contributed by atoms with Gasteiger partial charge < -0.3 is 5.32 Å². The van der Waals surface area contributed by atoms with Crippen molar-refractivity contribution >= 4 is 11.8 Å². The molecule has 15 heavy (non-hydrogen) atoms. The van der Waals surface area contributed by atoms with E-state index in [2.05, 4.69) is 44.8 Å². The highest BCUT2D eigenvalue weighted by Gasteiger charge is 2.38. The molecule has 0 aromatic heterocycles. The third-order valence-electron chi connectivity index (χ3n) is 4.08. The third-order valence-corrected chi connectivity index (χ3v) is 5.72. The van der Waals surface area contributed by atoms with Crippen LogP contribution in [0.4, 0.5) is 0 Å². The molecule has 1 heterocycles. The van der Waals surface area contributed by atoms with E-state index in [1.54, 1.807) is 0 Å². The van der Waals surface area contributed by atoms with Crippen molar-refractivity contribution in [3.05, 3.63) is 0 Å². The first-order chi connectivity index (χ1) is 6.97. The first-order valence-corrected chi connectivity index (χ1v) is 7.39. The molecule has 1 nitrogen and oxygen atoms in total. The Bertz CT molecular complexity index is 221. The van der Waals surface area contributed by atoms with E-state index >= 15 is 0 Å². The largest absolute Gasteiger partial charge is 0.310 e. The number of fused-ring (bicyclic) bond motifs is 1. The zero-order valence-electron chi connectivity index (χ0n) is 10.5. The molecule has 88 valence electrons. The zero-order chi connectivity index (χ0) is 11.1. The Morgan fingerprint density at radius 2 is 1.93 bits per heavy atom. The molecule has 0 aromatic carbocycles. The first kappa shape index (κ1) is 11.8. The van der Waals surface area contributed by atoms with E-state index in [0.29, 0.717) is 5.41 Å². The van der Waals surface area contributed by atoms with Crippen LogP contribution in [0.25, 0.3) is 0 Å². The van der Waals surface area contributed by atoms with Crippen molar-refractivity contribution in [1.82, 2.24) is 5.32 Å². The van der Waals surface area contributed by atoms with Crippen LogP contribution in [0.2, 0.25) is 0 Å². The Labute approximate surface area is 98.8 Å². The maximum atomic E-state index is 3.77. The fourth-order valence-corrected chi connectivity index (χ4v) is 4.42. The van der Waals surface area contributed by atoms with E-state index in [1.807, 2.05) is 0 Å². The molecular formula is C13H25NS. The lowest BCUT2D eigenvalue weighted by atomic mass is 9.71. The van der Waals surface area contributed by atoms with Gasteiger partial charge in [-0.1, -0.05) is 20.8 Å². The number of nitrogens with one attached hydrogen (secondary N) is 1. The Balaban J connectivity index is 1.95. The van der Waals surface area contributed by atoms with Gasteiger partial charge in [-0.2, -0.15) is 11.8 Å². The second-order valence-corrected chi connectivity index (χ2v) is 7.69. The van der Waals surface area contributed by atoms with Crippen LogP contribution in [0.5, 0.6) is 0 Å². The van der Waals surface area contributed by atoms with Crippen LogP contribution in [0.15, 0.2) is 0 Å². The van der Waals surface area contributed by atoms with E-state index in [4.69, 9.17) is 0 Å². The van der Waals surface area contributed by atoms with Gasteiger partial charge in [-0.05, 0) is 37.5 Å². The highest BCUT2D eigenvalue weighted by Crippen LogP contribution is 2.42. The van der Waals surface area contributed by atoms with Crippen LogP contribution in [0.3, 0.4) is 0 Å². The van der Waals surface area contributed by atoms with Crippen molar-refractivity contribution in [2.24, 2.45) is 11.3 Å². The van der Waals surface area contributed by atoms with Gasteiger partial charge in [0.05, 0.1) is 0 Å². The minimum absolute atomic E-state index is 0.509. The molecule has 2 fully saturated rings. The van der Waals surface area contributed by atoms with Crippen LogP contribution in [-0.2, 0) is 0 Å². The van der Waals surface area contributed by atoms with Gasteiger partial charge in [0.2, 0.25) is 0 Å². The predicted octanol–water partition coefficient (Wildman–Crippen LogP) is 3.29. The summed E-state index contributed by atoms with van der Waals surface area (Å²) >= 11 is 2.21. The predicted molar refractivity (Wildman–Crippen MR) is 69.4 cm³/mol. The smallest absolute Gasteiger partial charge is 0.0204 e. The monoisotopic (exact) mass is 227 g/mol. The molecule has 0 amide bonds. The molecular weight excluding hydrogens is 202 g/mol. The van der Waals surface area contributed by atoms with Crippen LogP contribution in [-0.4, -0.2) is 23.1 Å². The molecule has 2 heteroatoms. The standard InChI is InChI=1S/C13H25NS/c1-9-8-15-12-7-10(13(2,3)4)5-6-11(12)14-9/h9-12,14H,5-8H2,1-4H3. The molecule has 1 N–H and O–H groups in total. The fourth-order valence-electron chi connectivity index (χ4n) is 2.97. The quantitative estimate of drug-likeness (QED) is 0.681. The summed E-state index contributed by atoms with van der Waals surface area (Å²) in [5, 5.41) is 4.66. The topological polar surface area (TPSA) is 12.0 Å². The Morgan fingerprint density at radius 1 is 1.20 bits per heavy atom. The molecule has 1 aliphatic heterocycles. The SMILES string of the molecule is CC1CSC2CC(C(C)(C)C)CCC2N1. The molecule has 1 aliphatic carbocycles. The molecule has 4 unspecified atom stereocenters. The first-order valence-electron chi connectivity index (χ1n) is 6.34. The lowest BCUT2D eigenvalue weighted by molar-refractivity contribution is 0.160. The minimum Gasteiger partial charge on any atom is -0.310 e. The van der Waals surface area contributed by atoms with Gasteiger partial charge in [-0.15, -0.1) is 0 Å². The van der Waals surface area contributed by atoms with Crippen LogP contribution in [0, 0.1) is 11.3 Å². The van der Waals surface area contributed by atoms with Crippen LogP contribution >= 0.6 is 11.8 Å². The summed E-state index contributed by atoms with van der Waals surface area (Å²) in [6, 6.07) is 1.53. The van der Waals surface area contributed by atoms with E-state index in [0.717, 1.165) is 23.3 Å². The van der Waals surface area contributed by atoms with Gasteiger partial charge in [0.15, 0.2) is 0 Å². The molecule has 0 bridgehead atoms. The van der Waals surface area contributed by atoms with Crippen LogP contribution in [0.1, 0.15) is 47.0 Å². The summed E-state index contributed by atoms with van der Waals surface area (Å²) in [7, 11) is 0. The summed E-state index contributed by atoms with van der Waals surface area (Å²) in [5.74, 6) is 2.24. The van der Waals surface area contributed by atoms with E-state index < -0.39 is 0 Å². The van der Waals surface area contributed by atoms with E-state index in [9.17, 15) is 0 Å². The molecule has 1 saturated heterocycles. The van der Waals surface area contributed by atoms with Crippen molar-refractivity contribution in [3.8, 4) is 0 Å². The van der Waals surface area contributed by atoms with Gasteiger partial charge in [0.25, 0.3) is 0 Å². The van der Waals surface area contributed by atoms with Crippen LogP contribution < -0.4 is 5.32 Å². The van der Waals surface area contributed by atoms with Gasteiger partial charge >= 0.3 is 0 Å². The average Bonchev–Trinajstić information content (AvgIpc) is 2.15. The highest BCUT2D eigenvalue weighted by molar-refractivity contribution is 8.00. The average molecular weight is 227 g/mol. The molecule has 2 aliphatic rings. The summed E-state index contributed by atoms with van der Waals surface area (Å²) in [6.45, 7) is 9.53. The molecule has 0 spiro atoms. The van der Waals surface area contributed by atoms with Gasteiger partial charge in [0.1, 0.15) is 0 Å². The van der Waals surface area contributed by atoms with Gasteiger partial charge in [0, 0.05) is 23.1 Å². The zero-order valence-corrected chi connectivity index (χ0v) is 11.4. The molecule has 0 aromatic rings. The number of hydrogen-bond donors (Lipinski definition) is 1. The Morgan fingerprint density at radius 3 is 2.60 bits per heavy atom. The number of thioether (sulfide) groups is 1. The second kappa shape index (κ2) is 4.29. The Hall–Kier alpha value is 0.310. The molecule has 4 atom stereocenters. The minimum atomic E-state index is 0.509. The molecule has 1 saturated carbocycles. The van der Waals surface area contributed by atoms with Crippen molar-refractivity contribution in [2.75, 3.05) is 5.75 Å². The Kier molecular flexibility index (Phi) is 3.37. The van der Waals surface area contributed by atoms with E-state index in [1.165, 1.54) is 25.0 Å². The second-order valence-electron chi connectivity index (χ2n) is 6.42. The van der Waals surface area contributed by atoms with Gasteiger partial charge in [-0.3, -0.25) is 0 Å². The van der Waals surface area contributed by atoms with E-state index in [-0.39, 0.29) is 0 Å². The molecule has 2 rings (SSSR count). The summed E-state index contributed by atoms with van der Waals surface area (Å²) in [6.07, 6.45) is 4.24. The highest BCUT2D eigenvalue weighted by atomic mass is 32.2. The summed E-state index contributed by atoms with van der Waals surface area (Å²) in [5.41, 5.74) is 0.509. The third kappa shape index (κ3) is 2.71. The normalized spacial score (nSPS) is 42.4. The lowest BCUT2D eigenvalue weighted by Crippen LogP contribution is -2.52. The lowest BCUT2D eigenvalue weighted by Gasteiger charge is -2.45. The number of hydrogen-bond acceptors (Lipinski definition) is 2. The molecule has 0 radical (unpaired) electrons. The fraction of sp³-hybridized carbons (Fsp3) is 1.00. The van der Waals surface area contributed by atoms with Crippen molar-refractivity contribution < 1.29 is 0 Å². The number of rotatable bonds is 0.